The van der Waals surface area contributed by atoms with E-state index in [0.29, 0.717) is 24.6 Å². The van der Waals surface area contributed by atoms with Crippen molar-refractivity contribution in [1.29, 1.82) is 0 Å². The molecule has 1 aromatic carbocycles. The molecule has 2 heterocycles. The molecule has 1 N–H and O–H groups in total. The van der Waals surface area contributed by atoms with Gasteiger partial charge in [-0.3, -0.25) is 4.79 Å². The highest BCUT2D eigenvalue weighted by Crippen LogP contribution is 2.23. The number of aromatic nitrogens is 2. The number of carbonyl (C=O) groups is 1. The summed E-state index contributed by atoms with van der Waals surface area (Å²) in [5.41, 5.74) is 1.81. The van der Waals surface area contributed by atoms with Gasteiger partial charge in [0.05, 0.1) is 4.88 Å². The van der Waals surface area contributed by atoms with Crippen LogP contribution in [-0.2, 0) is 11.2 Å². The summed E-state index contributed by atoms with van der Waals surface area (Å²) in [5, 5.41) is 12.8. The molecule has 0 aliphatic heterocycles. The van der Waals surface area contributed by atoms with Crippen molar-refractivity contribution in [3.8, 4) is 10.8 Å². The first kappa shape index (κ1) is 15.9. The Kier molecular flexibility index (Phi) is 4.88. The Bertz CT molecular complexity index is 815. The minimum Gasteiger partial charge on any atom is -0.420 e. The summed E-state index contributed by atoms with van der Waals surface area (Å²) in [4.78, 5) is 13.0. The molecule has 1 amide bonds. The van der Waals surface area contributed by atoms with Crippen LogP contribution in [-0.4, -0.2) is 16.1 Å². The maximum Gasteiger partial charge on any atom is 0.257 e. The lowest BCUT2D eigenvalue weighted by molar-refractivity contribution is -0.116. The second kappa shape index (κ2) is 7.06. The van der Waals surface area contributed by atoms with Gasteiger partial charge >= 0.3 is 0 Å². The molecule has 0 fully saturated rings. The Morgan fingerprint density at radius 2 is 2.22 bits per heavy atom. The van der Waals surface area contributed by atoms with Gasteiger partial charge < -0.3 is 9.73 Å². The van der Waals surface area contributed by atoms with Gasteiger partial charge in [-0.25, -0.2) is 0 Å². The van der Waals surface area contributed by atoms with E-state index in [4.69, 9.17) is 4.42 Å². The standard InChI is InChI=1S/C16H14BrN3O2S/c1-10-9-11(17)4-5-12(10)18-14(21)6-7-15-19-20-16(22-15)13-3-2-8-23-13/h2-5,8-9H,6-7H2,1H3,(H,18,21). The molecule has 0 radical (unpaired) electrons. The lowest BCUT2D eigenvalue weighted by Crippen LogP contribution is -2.13. The van der Waals surface area contributed by atoms with Crippen molar-refractivity contribution >= 4 is 38.9 Å². The average molecular weight is 392 g/mol. The van der Waals surface area contributed by atoms with Gasteiger partial charge in [0.2, 0.25) is 11.8 Å². The van der Waals surface area contributed by atoms with E-state index in [0.717, 1.165) is 20.6 Å². The van der Waals surface area contributed by atoms with Gasteiger partial charge in [-0.05, 0) is 42.1 Å². The molecular formula is C16H14BrN3O2S. The summed E-state index contributed by atoms with van der Waals surface area (Å²) in [6.45, 7) is 1.95. The van der Waals surface area contributed by atoms with E-state index in [1.807, 2.05) is 42.6 Å². The summed E-state index contributed by atoms with van der Waals surface area (Å²) < 4.78 is 6.56. The summed E-state index contributed by atoms with van der Waals surface area (Å²) in [6.07, 6.45) is 0.710. The molecule has 0 spiro atoms. The van der Waals surface area contributed by atoms with Crippen molar-refractivity contribution in [3.05, 3.63) is 51.6 Å². The molecule has 3 rings (SSSR count). The number of thiophene rings is 1. The number of hydrogen-bond donors (Lipinski definition) is 1. The molecule has 0 aliphatic rings. The summed E-state index contributed by atoms with van der Waals surface area (Å²) in [5.74, 6) is 0.890. The Morgan fingerprint density at radius 1 is 1.35 bits per heavy atom. The van der Waals surface area contributed by atoms with E-state index in [-0.39, 0.29) is 5.91 Å². The third-order valence-electron chi connectivity index (χ3n) is 3.23. The highest BCUT2D eigenvalue weighted by Gasteiger charge is 2.11. The quantitative estimate of drug-likeness (QED) is 0.697. The van der Waals surface area contributed by atoms with Gasteiger partial charge in [-0.1, -0.05) is 22.0 Å². The third-order valence-corrected chi connectivity index (χ3v) is 4.58. The van der Waals surface area contributed by atoms with Crippen LogP contribution in [0, 0.1) is 6.92 Å². The normalized spacial score (nSPS) is 10.7. The number of carbonyl (C=O) groups excluding carboxylic acids is 1. The SMILES string of the molecule is Cc1cc(Br)ccc1NC(=O)CCc1nnc(-c2cccs2)o1. The molecule has 23 heavy (non-hydrogen) atoms. The molecule has 0 atom stereocenters. The number of amides is 1. The van der Waals surface area contributed by atoms with Gasteiger partial charge in [0, 0.05) is 23.0 Å². The zero-order valence-electron chi connectivity index (χ0n) is 12.4. The van der Waals surface area contributed by atoms with Crippen LogP contribution in [0.15, 0.2) is 44.6 Å². The first-order valence-corrected chi connectivity index (χ1v) is 8.71. The first-order chi connectivity index (χ1) is 11.1. The predicted octanol–water partition coefficient (Wildman–Crippen LogP) is 4.44. The molecule has 7 heteroatoms. The zero-order chi connectivity index (χ0) is 16.2. The maximum atomic E-state index is 12.0. The molecule has 0 bridgehead atoms. The smallest absolute Gasteiger partial charge is 0.257 e. The number of nitrogens with zero attached hydrogens (tertiary/aromatic N) is 2. The van der Waals surface area contributed by atoms with Crippen molar-refractivity contribution in [2.75, 3.05) is 5.32 Å². The van der Waals surface area contributed by atoms with Crippen molar-refractivity contribution in [2.24, 2.45) is 0 Å². The van der Waals surface area contributed by atoms with Gasteiger partial charge in [-0.2, -0.15) is 0 Å². The van der Waals surface area contributed by atoms with Crippen LogP contribution in [0.25, 0.3) is 10.8 Å². The van der Waals surface area contributed by atoms with Crippen molar-refractivity contribution < 1.29 is 9.21 Å². The largest absolute Gasteiger partial charge is 0.420 e. The van der Waals surface area contributed by atoms with Gasteiger partial charge in [-0.15, -0.1) is 21.5 Å². The highest BCUT2D eigenvalue weighted by atomic mass is 79.9. The van der Waals surface area contributed by atoms with Gasteiger partial charge in [0.1, 0.15) is 0 Å². The Balaban J connectivity index is 1.57. The van der Waals surface area contributed by atoms with E-state index in [2.05, 4.69) is 31.4 Å². The van der Waals surface area contributed by atoms with Crippen LogP contribution in [0.1, 0.15) is 17.9 Å². The molecule has 0 saturated carbocycles. The van der Waals surface area contributed by atoms with Crippen LogP contribution in [0.5, 0.6) is 0 Å². The number of hydrogen-bond acceptors (Lipinski definition) is 5. The zero-order valence-corrected chi connectivity index (χ0v) is 14.8. The van der Waals surface area contributed by atoms with E-state index < -0.39 is 0 Å². The summed E-state index contributed by atoms with van der Waals surface area (Å²) in [7, 11) is 0. The molecule has 118 valence electrons. The molecule has 0 saturated heterocycles. The second-order valence-electron chi connectivity index (χ2n) is 4.99. The number of benzene rings is 1. The molecule has 5 nitrogen and oxygen atoms in total. The molecular weight excluding hydrogens is 378 g/mol. The average Bonchev–Trinajstić information content (AvgIpc) is 3.18. The minimum absolute atomic E-state index is 0.0775. The second-order valence-corrected chi connectivity index (χ2v) is 6.85. The molecule has 0 unspecified atom stereocenters. The fraction of sp³-hybridized carbons (Fsp3) is 0.188. The van der Waals surface area contributed by atoms with E-state index in [9.17, 15) is 4.79 Å². The minimum atomic E-state index is -0.0775. The number of nitrogens with one attached hydrogen (secondary N) is 1. The number of halogens is 1. The predicted molar refractivity (Wildman–Crippen MR) is 93.4 cm³/mol. The summed E-state index contributed by atoms with van der Waals surface area (Å²) >= 11 is 4.94. The van der Waals surface area contributed by atoms with Crippen LogP contribution in [0.2, 0.25) is 0 Å². The Labute approximate surface area is 145 Å². The molecule has 0 aliphatic carbocycles. The van der Waals surface area contributed by atoms with Crippen molar-refractivity contribution in [2.45, 2.75) is 19.8 Å². The number of aryl methyl sites for hydroxylation is 2. The van der Waals surface area contributed by atoms with E-state index in [1.165, 1.54) is 11.3 Å². The highest BCUT2D eigenvalue weighted by molar-refractivity contribution is 9.10. The van der Waals surface area contributed by atoms with Crippen LogP contribution in [0.4, 0.5) is 5.69 Å². The maximum absolute atomic E-state index is 12.0. The summed E-state index contributed by atoms with van der Waals surface area (Å²) in [6, 6.07) is 9.58. The fourth-order valence-electron chi connectivity index (χ4n) is 2.05. The third kappa shape index (κ3) is 4.05. The number of anilines is 1. The Morgan fingerprint density at radius 3 is 2.96 bits per heavy atom. The lowest BCUT2D eigenvalue weighted by Gasteiger charge is -2.08. The fourth-order valence-corrected chi connectivity index (χ4v) is 3.17. The van der Waals surface area contributed by atoms with E-state index >= 15 is 0 Å². The topological polar surface area (TPSA) is 68.0 Å². The van der Waals surface area contributed by atoms with Crippen LogP contribution >= 0.6 is 27.3 Å². The van der Waals surface area contributed by atoms with Crippen molar-refractivity contribution in [1.82, 2.24) is 10.2 Å². The van der Waals surface area contributed by atoms with Crippen molar-refractivity contribution in [3.63, 3.8) is 0 Å². The Hall–Kier alpha value is -1.99. The van der Waals surface area contributed by atoms with Gasteiger partial charge in [0.15, 0.2) is 0 Å². The molecule has 2 aromatic heterocycles. The van der Waals surface area contributed by atoms with E-state index in [1.54, 1.807) is 0 Å². The molecule has 3 aromatic rings. The lowest BCUT2D eigenvalue weighted by atomic mass is 10.2. The first-order valence-electron chi connectivity index (χ1n) is 7.04. The monoisotopic (exact) mass is 391 g/mol. The number of rotatable bonds is 5. The van der Waals surface area contributed by atoms with Crippen LogP contribution < -0.4 is 5.32 Å². The van der Waals surface area contributed by atoms with Gasteiger partial charge in [0.25, 0.3) is 5.89 Å². The van der Waals surface area contributed by atoms with Crippen LogP contribution in [0.3, 0.4) is 0 Å².